The van der Waals surface area contributed by atoms with Crippen LogP contribution in [0.25, 0.3) is 0 Å². The van der Waals surface area contributed by atoms with Crippen LogP contribution in [-0.4, -0.2) is 23.8 Å². The Labute approximate surface area is 50.8 Å². The van der Waals surface area contributed by atoms with E-state index in [1.54, 1.807) is 0 Å². The van der Waals surface area contributed by atoms with Crippen molar-refractivity contribution in [2.24, 2.45) is 0 Å². The maximum atomic E-state index is 12.1. The third kappa shape index (κ3) is 0.718. The molecule has 2 amide bonds. The monoisotopic (exact) mass is 129 g/mol. The number of rotatable bonds is 0. The molecule has 3 nitrogen and oxygen atoms in total. The molecule has 1 heterocycles. The fourth-order valence-electron chi connectivity index (χ4n) is 0.527. The fourth-order valence-corrected chi connectivity index (χ4v) is 0.527. The number of hydrogen-bond acceptors (Lipinski definition) is 2. The second kappa shape index (κ2) is 1.65. The van der Waals surface area contributed by atoms with E-state index in [-0.39, 0.29) is 0 Å². The fraction of sp³-hybridized carbons (Fsp3) is 0.200. The van der Waals surface area contributed by atoms with Gasteiger partial charge in [-0.15, -0.1) is 0 Å². The predicted molar refractivity (Wildman–Crippen MR) is 27.0 cm³/mol. The minimum atomic E-state index is -0.984. The largest absolute Gasteiger partial charge is 0.289 e. The topological polar surface area (TPSA) is 37.4 Å². The van der Waals surface area contributed by atoms with Crippen LogP contribution < -0.4 is 0 Å². The summed E-state index contributed by atoms with van der Waals surface area (Å²) in [4.78, 5) is 21.5. The van der Waals surface area contributed by atoms with E-state index >= 15 is 0 Å². The summed E-state index contributed by atoms with van der Waals surface area (Å²) in [5, 5.41) is 0. The smallest absolute Gasteiger partial charge is 0.276 e. The van der Waals surface area contributed by atoms with Crippen LogP contribution in [0.2, 0.25) is 0 Å². The molecule has 0 saturated heterocycles. The number of likely N-dealkylation sites (N-methyl/N-ethyl adjacent to an activating group) is 1. The molecule has 0 aromatic heterocycles. The molecule has 0 aromatic carbocycles. The lowest BCUT2D eigenvalue weighted by Crippen LogP contribution is -2.25. The number of imide groups is 1. The van der Waals surface area contributed by atoms with Crippen LogP contribution in [0.1, 0.15) is 0 Å². The maximum absolute atomic E-state index is 12.1. The SMILES string of the molecule is CN1C(=O)C=C(F)C1=O. The van der Waals surface area contributed by atoms with Crippen molar-refractivity contribution in [1.29, 1.82) is 0 Å². The van der Waals surface area contributed by atoms with Crippen molar-refractivity contribution in [3.63, 3.8) is 0 Å². The van der Waals surface area contributed by atoms with Crippen molar-refractivity contribution in [1.82, 2.24) is 4.90 Å². The molecule has 0 unspecified atom stereocenters. The highest BCUT2D eigenvalue weighted by atomic mass is 19.1. The average molecular weight is 129 g/mol. The second-order valence-corrected chi connectivity index (χ2v) is 1.69. The highest BCUT2D eigenvalue weighted by Gasteiger charge is 2.27. The first-order chi connectivity index (χ1) is 4.13. The number of carbonyl (C=O) groups excluding carboxylic acids is 2. The van der Waals surface area contributed by atoms with Gasteiger partial charge in [-0.05, 0) is 0 Å². The Kier molecular flexibility index (Phi) is 1.09. The number of hydrogen-bond donors (Lipinski definition) is 0. The second-order valence-electron chi connectivity index (χ2n) is 1.69. The third-order valence-corrected chi connectivity index (χ3v) is 1.09. The summed E-state index contributed by atoms with van der Waals surface area (Å²) in [7, 11) is 1.23. The molecule has 0 N–H and O–H groups in total. The Balaban J connectivity index is 2.95. The molecular weight excluding hydrogens is 125 g/mol. The van der Waals surface area contributed by atoms with Crippen LogP contribution in [0, 0.1) is 0 Å². The number of carbonyl (C=O) groups is 2. The van der Waals surface area contributed by atoms with Gasteiger partial charge in [0.15, 0.2) is 5.83 Å². The number of amides is 2. The summed E-state index contributed by atoms with van der Waals surface area (Å²) in [5.74, 6) is -2.44. The minimum Gasteiger partial charge on any atom is -0.276 e. The van der Waals surface area contributed by atoms with Gasteiger partial charge in [-0.2, -0.15) is 0 Å². The van der Waals surface area contributed by atoms with Crippen LogP contribution in [0.3, 0.4) is 0 Å². The first-order valence-electron chi connectivity index (χ1n) is 2.32. The van der Waals surface area contributed by atoms with Gasteiger partial charge in [-0.3, -0.25) is 14.5 Å². The van der Waals surface area contributed by atoms with E-state index in [1.807, 2.05) is 0 Å². The van der Waals surface area contributed by atoms with Crippen LogP contribution in [0.15, 0.2) is 11.9 Å². The molecule has 0 spiro atoms. The van der Waals surface area contributed by atoms with Gasteiger partial charge in [-0.1, -0.05) is 0 Å². The van der Waals surface area contributed by atoms with Crippen molar-refractivity contribution < 1.29 is 14.0 Å². The molecule has 0 radical (unpaired) electrons. The summed E-state index contributed by atoms with van der Waals surface area (Å²) < 4.78 is 12.1. The lowest BCUT2D eigenvalue weighted by molar-refractivity contribution is -0.136. The Morgan fingerprint density at radius 2 is 2.11 bits per heavy atom. The van der Waals surface area contributed by atoms with Crippen LogP contribution in [-0.2, 0) is 9.59 Å². The molecule has 0 bridgehead atoms. The minimum absolute atomic E-state index is 0.600. The first kappa shape index (κ1) is 5.94. The zero-order valence-corrected chi connectivity index (χ0v) is 4.72. The lowest BCUT2D eigenvalue weighted by Gasteiger charge is -2.01. The van der Waals surface area contributed by atoms with Gasteiger partial charge in [0.25, 0.3) is 11.8 Å². The van der Waals surface area contributed by atoms with E-state index in [0.29, 0.717) is 6.08 Å². The van der Waals surface area contributed by atoms with E-state index in [1.165, 1.54) is 7.05 Å². The Bertz CT molecular complexity index is 209. The van der Waals surface area contributed by atoms with E-state index in [2.05, 4.69) is 0 Å². The normalized spacial score (nSPS) is 18.9. The van der Waals surface area contributed by atoms with Crippen molar-refractivity contribution in [3.05, 3.63) is 11.9 Å². The lowest BCUT2D eigenvalue weighted by atomic mass is 10.5. The van der Waals surface area contributed by atoms with Crippen LogP contribution >= 0.6 is 0 Å². The van der Waals surface area contributed by atoms with Crippen molar-refractivity contribution in [2.45, 2.75) is 0 Å². The molecule has 1 rings (SSSR count). The molecule has 0 atom stereocenters. The van der Waals surface area contributed by atoms with Gasteiger partial charge in [-0.25, -0.2) is 4.39 Å². The molecule has 48 valence electrons. The van der Waals surface area contributed by atoms with E-state index in [9.17, 15) is 14.0 Å². The third-order valence-electron chi connectivity index (χ3n) is 1.09. The standard InChI is InChI=1S/C5H4FNO2/c1-7-4(8)2-3(6)5(7)9/h2H,1H3. The van der Waals surface area contributed by atoms with Crippen molar-refractivity contribution in [3.8, 4) is 0 Å². The quantitative estimate of drug-likeness (QED) is 0.426. The van der Waals surface area contributed by atoms with Gasteiger partial charge in [0.1, 0.15) is 0 Å². The molecular formula is C5H4FNO2. The van der Waals surface area contributed by atoms with Crippen molar-refractivity contribution >= 4 is 11.8 Å². The van der Waals surface area contributed by atoms with Gasteiger partial charge in [0, 0.05) is 13.1 Å². The Hall–Kier alpha value is -1.19. The molecule has 9 heavy (non-hydrogen) atoms. The molecule has 1 aliphatic rings. The van der Waals surface area contributed by atoms with E-state index in [4.69, 9.17) is 0 Å². The summed E-state index contributed by atoms with van der Waals surface area (Å²) >= 11 is 0. The molecule has 1 aliphatic heterocycles. The van der Waals surface area contributed by atoms with Gasteiger partial charge < -0.3 is 0 Å². The van der Waals surface area contributed by atoms with E-state index < -0.39 is 17.6 Å². The summed E-state index contributed by atoms with van der Waals surface area (Å²) in [5.41, 5.74) is 0. The summed E-state index contributed by atoms with van der Waals surface area (Å²) in [6.45, 7) is 0. The average Bonchev–Trinajstić information content (AvgIpc) is 1.98. The molecule has 0 saturated carbocycles. The summed E-state index contributed by atoms with van der Waals surface area (Å²) in [6, 6.07) is 0. The highest BCUT2D eigenvalue weighted by Crippen LogP contribution is 2.10. The Morgan fingerprint density at radius 3 is 2.22 bits per heavy atom. The predicted octanol–water partition coefficient (Wildman–Crippen LogP) is -0.162. The number of nitrogens with zero attached hydrogens (tertiary/aromatic N) is 1. The molecule has 0 aromatic rings. The molecule has 0 aliphatic carbocycles. The maximum Gasteiger partial charge on any atom is 0.289 e. The summed E-state index contributed by atoms with van der Waals surface area (Å²) in [6.07, 6.45) is 0.669. The van der Waals surface area contributed by atoms with E-state index in [0.717, 1.165) is 4.90 Å². The first-order valence-corrected chi connectivity index (χ1v) is 2.32. The zero-order chi connectivity index (χ0) is 7.02. The number of halogens is 1. The van der Waals surface area contributed by atoms with Crippen LogP contribution in [0.4, 0.5) is 4.39 Å². The zero-order valence-electron chi connectivity index (χ0n) is 4.72. The molecule has 4 heteroatoms. The highest BCUT2D eigenvalue weighted by molar-refractivity contribution is 6.14. The van der Waals surface area contributed by atoms with Gasteiger partial charge in [0.05, 0.1) is 0 Å². The molecule has 0 fully saturated rings. The van der Waals surface area contributed by atoms with Gasteiger partial charge >= 0.3 is 0 Å². The Morgan fingerprint density at radius 1 is 1.56 bits per heavy atom. The van der Waals surface area contributed by atoms with Gasteiger partial charge in [0.2, 0.25) is 0 Å². The van der Waals surface area contributed by atoms with Crippen LogP contribution in [0.5, 0.6) is 0 Å². The van der Waals surface area contributed by atoms with Crippen molar-refractivity contribution in [2.75, 3.05) is 7.05 Å².